The number of aromatic nitrogens is 3. The Morgan fingerprint density at radius 1 is 1.40 bits per heavy atom. The van der Waals surface area contributed by atoms with Crippen molar-refractivity contribution in [2.24, 2.45) is 5.10 Å². The molecule has 3 aromatic heterocycles. The van der Waals surface area contributed by atoms with Crippen LogP contribution in [0.25, 0.3) is 10.2 Å². The molecule has 0 radical (unpaired) electrons. The standard InChI is InChI=1S/C14H14N4OS/c1-8-6-11(9(2)16-8)7-15-18-10(3)17-13-12(14(18)19)4-5-20-13/h4-7,16H,1-3H3/b15-7+. The number of hydrogen-bond donors (Lipinski definition) is 1. The van der Waals surface area contributed by atoms with Crippen LogP contribution < -0.4 is 5.56 Å². The fourth-order valence-corrected chi connectivity index (χ4v) is 2.94. The summed E-state index contributed by atoms with van der Waals surface area (Å²) in [5, 5.41) is 6.76. The van der Waals surface area contributed by atoms with Gasteiger partial charge in [0.15, 0.2) is 0 Å². The van der Waals surface area contributed by atoms with Crippen LogP contribution in [0.4, 0.5) is 0 Å². The van der Waals surface area contributed by atoms with Gasteiger partial charge in [-0.2, -0.15) is 9.78 Å². The molecule has 0 amide bonds. The third-order valence-electron chi connectivity index (χ3n) is 3.14. The SMILES string of the molecule is Cc1cc(/C=N/n2c(C)nc3sccc3c2=O)c(C)[nH]1. The Labute approximate surface area is 119 Å². The molecule has 0 bridgehead atoms. The van der Waals surface area contributed by atoms with Crippen molar-refractivity contribution in [1.29, 1.82) is 0 Å². The summed E-state index contributed by atoms with van der Waals surface area (Å²) in [6, 6.07) is 3.78. The molecule has 0 saturated carbocycles. The molecule has 3 aromatic rings. The minimum Gasteiger partial charge on any atom is -0.362 e. The lowest BCUT2D eigenvalue weighted by molar-refractivity contribution is 0.772. The van der Waals surface area contributed by atoms with Gasteiger partial charge in [-0.15, -0.1) is 11.3 Å². The number of H-pyrrole nitrogens is 1. The average Bonchev–Trinajstić information content (AvgIpc) is 2.96. The summed E-state index contributed by atoms with van der Waals surface area (Å²) in [6.45, 7) is 5.75. The molecule has 0 aromatic carbocycles. The number of nitrogens with one attached hydrogen (secondary N) is 1. The molecule has 6 heteroatoms. The summed E-state index contributed by atoms with van der Waals surface area (Å²) >= 11 is 1.46. The fraction of sp³-hybridized carbons (Fsp3) is 0.214. The van der Waals surface area contributed by atoms with Gasteiger partial charge in [-0.1, -0.05) is 0 Å². The molecule has 20 heavy (non-hydrogen) atoms. The zero-order chi connectivity index (χ0) is 14.3. The molecule has 0 unspecified atom stereocenters. The molecule has 5 nitrogen and oxygen atoms in total. The van der Waals surface area contributed by atoms with Gasteiger partial charge in [0.1, 0.15) is 10.7 Å². The Kier molecular flexibility index (Phi) is 3.02. The predicted octanol–water partition coefficient (Wildman–Crippen LogP) is 2.59. The van der Waals surface area contributed by atoms with E-state index in [4.69, 9.17) is 0 Å². The van der Waals surface area contributed by atoms with E-state index in [0.29, 0.717) is 11.2 Å². The van der Waals surface area contributed by atoms with Crippen LogP contribution in [0, 0.1) is 20.8 Å². The van der Waals surface area contributed by atoms with Crippen LogP contribution in [0.5, 0.6) is 0 Å². The molecule has 3 heterocycles. The molecule has 0 spiro atoms. The molecular weight excluding hydrogens is 272 g/mol. The smallest absolute Gasteiger partial charge is 0.282 e. The van der Waals surface area contributed by atoms with Gasteiger partial charge in [0, 0.05) is 17.0 Å². The summed E-state index contributed by atoms with van der Waals surface area (Å²) in [4.78, 5) is 20.7. The van der Waals surface area contributed by atoms with Crippen molar-refractivity contribution in [3.8, 4) is 0 Å². The van der Waals surface area contributed by atoms with E-state index in [0.717, 1.165) is 21.8 Å². The van der Waals surface area contributed by atoms with Gasteiger partial charge in [-0.05, 0) is 38.3 Å². The van der Waals surface area contributed by atoms with Gasteiger partial charge in [-0.25, -0.2) is 4.98 Å². The highest BCUT2D eigenvalue weighted by molar-refractivity contribution is 7.16. The molecule has 0 saturated heterocycles. The Bertz CT molecular complexity index is 869. The number of thiophene rings is 1. The van der Waals surface area contributed by atoms with E-state index in [2.05, 4.69) is 15.1 Å². The van der Waals surface area contributed by atoms with E-state index in [1.54, 1.807) is 19.2 Å². The largest absolute Gasteiger partial charge is 0.362 e. The van der Waals surface area contributed by atoms with E-state index >= 15 is 0 Å². The van der Waals surface area contributed by atoms with Crippen molar-refractivity contribution in [2.45, 2.75) is 20.8 Å². The lowest BCUT2D eigenvalue weighted by Crippen LogP contribution is -2.19. The quantitative estimate of drug-likeness (QED) is 0.736. The van der Waals surface area contributed by atoms with E-state index in [1.807, 2.05) is 25.3 Å². The van der Waals surface area contributed by atoms with Crippen molar-refractivity contribution < 1.29 is 0 Å². The highest BCUT2D eigenvalue weighted by atomic mass is 32.1. The first-order valence-corrected chi connectivity index (χ1v) is 7.11. The second-order valence-corrected chi connectivity index (χ2v) is 5.59. The maximum Gasteiger partial charge on any atom is 0.282 e. The molecule has 1 N–H and O–H groups in total. The van der Waals surface area contributed by atoms with Crippen molar-refractivity contribution >= 4 is 27.8 Å². The van der Waals surface area contributed by atoms with Crippen LogP contribution >= 0.6 is 11.3 Å². The zero-order valence-corrected chi connectivity index (χ0v) is 12.3. The van der Waals surface area contributed by atoms with Gasteiger partial charge in [-0.3, -0.25) is 4.79 Å². The van der Waals surface area contributed by atoms with E-state index in [-0.39, 0.29) is 5.56 Å². The van der Waals surface area contributed by atoms with Crippen LogP contribution in [0.3, 0.4) is 0 Å². The Morgan fingerprint density at radius 2 is 2.20 bits per heavy atom. The highest BCUT2D eigenvalue weighted by Crippen LogP contribution is 2.15. The van der Waals surface area contributed by atoms with Crippen LogP contribution in [-0.2, 0) is 0 Å². The highest BCUT2D eigenvalue weighted by Gasteiger charge is 2.08. The lowest BCUT2D eigenvalue weighted by atomic mass is 10.3. The summed E-state index contributed by atoms with van der Waals surface area (Å²) in [7, 11) is 0. The van der Waals surface area contributed by atoms with Crippen molar-refractivity contribution in [3.05, 3.63) is 50.6 Å². The van der Waals surface area contributed by atoms with Crippen molar-refractivity contribution in [3.63, 3.8) is 0 Å². The van der Waals surface area contributed by atoms with Crippen LogP contribution in [0.2, 0.25) is 0 Å². The maximum atomic E-state index is 12.3. The lowest BCUT2D eigenvalue weighted by Gasteiger charge is -2.02. The minimum atomic E-state index is -0.130. The van der Waals surface area contributed by atoms with Gasteiger partial charge in [0.2, 0.25) is 0 Å². The number of nitrogens with zero attached hydrogens (tertiary/aromatic N) is 3. The fourth-order valence-electron chi connectivity index (χ4n) is 2.14. The third kappa shape index (κ3) is 2.08. The van der Waals surface area contributed by atoms with Gasteiger partial charge < -0.3 is 4.98 Å². The summed E-state index contributed by atoms with van der Waals surface area (Å²) in [5.41, 5.74) is 2.94. The summed E-state index contributed by atoms with van der Waals surface area (Å²) in [6.07, 6.45) is 1.69. The molecule has 0 aliphatic rings. The first-order chi connectivity index (χ1) is 9.56. The first-order valence-electron chi connectivity index (χ1n) is 6.23. The number of aryl methyl sites for hydroxylation is 3. The number of aromatic amines is 1. The van der Waals surface area contributed by atoms with Crippen LogP contribution in [0.15, 0.2) is 27.4 Å². The monoisotopic (exact) mass is 286 g/mol. The maximum absolute atomic E-state index is 12.3. The Hall–Kier alpha value is -2.21. The third-order valence-corrected chi connectivity index (χ3v) is 3.95. The molecular formula is C14H14N4OS. The number of rotatable bonds is 2. The molecule has 0 fully saturated rings. The Balaban J connectivity index is 2.11. The molecule has 3 rings (SSSR count). The molecule has 0 aliphatic heterocycles. The van der Waals surface area contributed by atoms with Crippen molar-refractivity contribution in [2.75, 3.05) is 0 Å². The second kappa shape index (κ2) is 4.72. The number of hydrogen-bond acceptors (Lipinski definition) is 4. The predicted molar refractivity (Wildman–Crippen MR) is 81.9 cm³/mol. The summed E-state index contributed by atoms with van der Waals surface area (Å²) in [5.74, 6) is 0.589. The van der Waals surface area contributed by atoms with Gasteiger partial charge >= 0.3 is 0 Å². The topological polar surface area (TPSA) is 63.0 Å². The Morgan fingerprint density at radius 3 is 2.90 bits per heavy atom. The van der Waals surface area contributed by atoms with Gasteiger partial charge in [0.05, 0.1) is 11.6 Å². The van der Waals surface area contributed by atoms with E-state index in [1.165, 1.54) is 16.0 Å². The molecule has 0 aliphatic carbocycles. The van der Waals surface area contributed by atoms with Crippen LogP contribution in [0.1, 0.15) is 22.8 Å². The normalized spacial score (nSPS) is 11.8. The minimum absolute atomic E-state index is 0.130. The molecule has 102 valence electrons. The second-order valence-electron chi connectivity index (χ2n) is 4.69. The van der Waals surface area contributed by atoms with E-state index in [9.17, 15) is 4.79 Å². The average molecular weight is 286 g/mol. The van der Waals surface area contributed by atoms with Crippen LogP contribution in [-0.4, -0.2) is 20.9 Å². The zero-order valence-electron chi connectivity index (χ0n) is 11.5. The summed E-state index contributed by atoms with van der Waals surface area (Å²) < 4.78 is 1.34. The van der Waals surface area contributed by atoms with Crippen molar-refractivity contribution in [1.82, 2.24) is 14.6 Å². The van der Waals surface area contributed by atoms with E-state index < -0.39 is 0 Å². The number of fused-ring (bicyclic) bond motifs is 1. The molecule has 0 atom stereocenters. The van der Waals surface area contributed by atoms with Gasteiger partial charge in [0.25, 0.3) is 5.56 Å². The first kappa shape index (κ1) is 12.8.